The van der Waals surface area contributed by atoms with E-state index in [0.717, 1.165) is 5.56 Å². The van der Waals surface area contributed by atoms with Gasteiger partial charge in [0, 0.05) is 18.2 Å². The van der Waals surface area contributed by atoms with E-state index in [0.29, 0.717) is 21.8 Å². The molecule has 5 nitrogen and oxygen atoms in total. The zero-order valence-corrected chi connectivity index (χ0v) is 11.2. The number of hydrogen-bond donors (Lipinski definition) is 3. The summed E-state index contributed by atoms with van der Waals surface area (Å²) in [5, 5.41) is 3.30. The van der Waals surface area contributed by atoms with Gasteiger partial charge in [0.25, 0.3) is 0 Å². The van der Waals surface area contributed by atoms with Gasteiger partial charge < -0.3 is 5.32 Å². The second-order valence-corrected chi connectivity index (χ2v) is 4.32. The lowest BCUT2D eigenvalue weighted by Gasteiger charge is -2.05. The van der Waals surface area contributed by atoms with Gasteiger partial charge in [-0.1, -0.05) is 12.1 Å². The van der Waals surface area contributed by atoms with Crippen molar-refractivity contribution in [3.05, 3.63) is 24.3 Å². The van der Waals surface area contributed by atoms with Crippen LogP contribution in [0, 0.1) is 0 Å². The molecule has 0 bridgehead atoms. The Bertz CT molecular complexity index is 583. The number of amides is 1. The fourth-order valence-electron chi connectivity index (χ4n) is 1.42. The Balaban J connectivity index is 2.41. The lowest BCUT2D eigenvalue weighted by atomic mass is 10.2. The molecule has 7 heteroatoms. The van der Waals surface area contributed by atoms with Crippen LogP contribution in [0.4, 0.5) is 5.69 Å². The molecule has 0 aliphatic rings. The monoisotopic (exact) mass is 278 g/mol. The molecule has 1 amide bonds. The van der Waals surface area contributed by atoms with Crippen molar-refractivity contribution in [3.8, 4) is 11.4 Å². The smallest absolute Gasteiger partial charge is 0.221 e. The van der Waals surface area contributed by atoms with Gasteiger partial charge in [0.05, 0.1) is 0 Å². The van der Waals surface area contributed by atoms with Crippen LogP contribution in [0.2, 0.25) is 0 Å². The summed E-state index contributed by atoms with van der Waals surface area (Å²) in [6.07, 6.45) is 0. The molecule has 18 heavy (non-hydrogen) atoms. The largest absolute Gasteiger partial charge is 0.326 e. The van der Waals surface area contributed by atoms with Crippen LogP contribution in [0.3, 0.4) is 0 Å². The summed E-state index contributed by atoms with van der Waals surface area (Å²) in [6, 6.07) is 7.20. The summed E-state index contributed by atoms with van der Waals surface area (Å²) >= 11 is 8.15. The van der Waals surface area contributed by atoms with Crippen molar-refractivity contribution < 1.29 is 4.79 Å². The minimum absolute atomic E-state index is 0.132. The third-order valence-electron chi connectivity index (χ3n) is 2.05. The highest BCUT2D eigenvalue weighted by molar-refractivity contribution is 7.80. The van der Waals surface area contributed by atoms with Crippen LogP contribution in [0.5, 0.6) is 0 Å². The zero-order valence-electron chi connectivity index (χ0n) is 9.45. The van der Waals surface area contributed by atoms with E-state index in [1.165, 1.54) is 6.92 Å². The molecular weight excluding hydrogens is 268 g/mol. The molecule has 2 rings (SSSR count). The van der Waals surface area contributed by atoms with E-state index in [4.69, 9.17) is 0 Å². The SMILES string of the molecule is CC(=O)Nc1cccc(-c2nc(S)nc(S)n2)c1. The van der Waals surface area contributed by atoms with Crippen LogP contribution in [-0.2, 0) is 4.79 Å². The molecule has 0 saturated heterocycles. The number of anilines is 1. The summed E-state index contributed by atoms with van der Waals surface area (Å²) in [6.45, 7) is 1.45. The van der Waals surface area contributed by atoms with E-state index in [2.05, 4.69) is 45.5 Å². The van der Waals surface area contributed by atoms with Crippen LogP contribution in [-0.4, -0.2) is 20.9 Å². The van der Waals surface area contributed by atoms with E-state index in [1.807, 2.05) is 6.07 Å². The number of carbonyl (C=O) groups excluding carboxylic acids is 1. The van der Waals surface area contributed by atoms with Crippen LogP contribution in [0.15, 0.2) is 34.6 Å². The zero-order chi connectivity index (χ0) is 13.1. The number of hydrogen-bond acceptors (Lipinski definition) is 6. The third-order valence-corrected chi connectivity index (χ3v) is 2.45. The molecular formula is C11H10N4OS2. The predicted octanol–water partition coefficient (Wildman–Crippen LogP) is 2.07. The molecule has 92 valence electrons. The van der Waals surface area contributed by atoms with Crippen molar-refractivity contribution in [1.29, 1.82) is 0 Å². The average Bonchev–Trinajstić information content (AvgIpc) is 2.27. The maximum absolute atomic E-state index is 11.0. The maximum Gasteiger partial charge on any atom is 0.221 e. The van der Waals surface area contributed by atoms with Gasteiger partial charge in [0.1, 0.15) is 0 Å². The number of carbonyl (C=O) groups is 1. The van der Waals surface area contributed by atoms with E-state index in [-0.39, 0.29) is 5.91 Å². The molecule has 0 atom stereocenters. The van der Waals surface area contributed by atoms with Gasteiger partial charge in [-0.05, 0) is 12.1 Å². The minimum atomic E-state index is -0.132. The van der Waals surface area contributed by atoms with Crippen molar-refractivity contribution in [1.82, 2.24) is 15.0 Å². The molecule has 2 aromatic rings. The molecule has 1 aromatic heterocycles. The maximum atomic E-state index is 11.0. The standard InChI is InChI=1S/C11H10N4OS2/c1-6(16)12-8-4-2-3-7(5-8)9-13-10(17)15-11(18)14-9/h2-5H,1H3,(H,12,16)(H2,13,14,15,17,18). The van der Waals surface area contributed by atoms with Crippen molar-refractivity contribution in [2.45, 2.75) is 17.2 Å². The van der Waals surface area contributed by atoms with Crippen molar-refractivity contribution in [3.63, 3.8) is 0 Å². The van der Waals surface area contributed by atoms with Crippen LogP contribution in [0.1, 0.15) is 6.92 Å². The lowest BCUT2D eigenvalue weighted by molar-refractivity contribution is -0.114. The molecule has 1 aromatic carbocycles. The lowest BCUT2D eigenvalue weighted by Crippen LogP contribution is -2.05. The minimum Gasteiger partial charge on any atom is -0.326 e. The normalized spacial score (nSPS) is 10.2. The summed E-state index contributed by atoms with van der Waals surface area (Å²) in [7, 11) is 0. The van der Waals surface area contributed by atoms with Gasteiger partial charge in [0.15, 0.2) is 16.1 Å². The van der Waals surface area contributed by atoms with Crippen molar-refractivity contribution in [2.75, 3.05) is 5.32 Å². The fraction of sp³-hybridized carbons (Fsp3) is 0.0909. The highest BCUT2D eigenvalue weighted by Gasteiger charge is 2.06. The number of nitrogens with one attached hydrogen (secondary N) is 1. The summed E-state index contributed by atoms with van der Waals surface area (Å²) in [5.74, 6) is 0.333. The summed E-state index contributed by atoms with van der Waals surface area (Å²) in [4.78, 5) is 23.1. The van der Waals surface area contributed by atoms with E-state index >= 15 is 0 Å². The Morgan fingerprint density at radius 3 is 2.44 bits per heavy atom. The van der Waals surface area contributed by atoms with E-state index in [1.54, 1.807) is 18.2 Å². The van der Waals surface area contributed by atoms with E-state index < -0.39 is 0 Å². The molecule has 0 aliphatic carbocycles. The average molecular weight is 278 g/mol. The number of rotatable bonds is 2. The third kappa shape index (κ3) is 3.21. The second-order valence-electron chi connectivity index (χ2n) is 3.52. The first-order valence-corrected chi connectivity index (χ1v) is 5.96. The Labute approximate surface area is 115 Å². The molecule has 0 radical (unpaired) electrons. The number of thiol groups is 2. The van der Waals surface area contributed by atoms with Crippen molar-refractivity contribution >= 4 is 36.9 Å². The topological polar surface area (TPSA) is 67.8 Å². The number of benzene rings is 1. The molecule has 1 N–H and O–H groups in total. The van der Waals surface area contributed by atoms with Crippen molar-refractivity contribution in [2.24, 2.45) is 0 Å². The molecule has 0 spiro atoms. The van der Waals surface area contributed by atoms with Crippen LogP contribution < -0.4 is 5.32 Å². The van der Waals surface area contributed by atoms with E-state index in [9.17, 15) is 4.79 Å². The Kier molecular flexibility index (Phi) is 3.83. The summed E-state index contributed by atoms with van der Waals surface area (Å²) < 4.78 is 0. The molecule has 0 fully saturated rings. The van der Waals surface area contributed by atoms with Gasteiger partial charge in [-0.2, -0.15) is 4.98 Å². The first-order chi connectivity index (χ1) is 8.54. The summed E-state index contributed by atoms with van der Waals surface area (Å²) in [5.41, 5.74) is 1.44. The first kappa shape index (κ1) is 12.8. The van der Waals surface area contributed by atoms with Crippen LogP contribution >= 0.6 is 25.3 Å². The van der Waals surface area contributed by atoms with Gasteiger partial charge >= 0.3 is 0 Å². The molecule has 1 heterocycles. The second kappa shape index (κ2) is 5.36. The highest BCUT2D eigenvalue weighted by atomic mass is 32.1. The molecule has 0 saturated carbocycles. The molecule has 0 aliphatic heterocycles. The highest BCUT2D eigenvalue weighted by Crippen LogP contribution is 2.20. The van der Waals surface area contributed by atoms with Gasteiger partial charge in [-0.25, -0.2) is 9.97 Å². The molecule has 0 unspecified atom stereocenters. The Hall–Kier alpha value is -1.60. The Morgan fingerprint density at radius 2 is 1.83 bits per heavy atom. The number of aromatic nitrogens is 3. The predicted molar refractivity (Wildman–Crippen MR) is 74.1 cm³/mol. The van der Waals surface area contributed by atoms with Gasteiger partial charge in [-0.3, -0.25) is 4.79 Å². The van der Waals surface area contributed by atoms with Crippen LogP contribution in [0.25, 0.3) is 11.4 Å². The Morgan fingerprint density at radius 1 is 1.17 bits per heavy atom. The van der Waals surface area contributed by atoms with Gasteiger partial charge in [0.2, 0.25) is 5.91 Å². The number of nitrogens with zero attached hydrogens (tertiary/aromatic N) is 3. The fourth-order valence-corrected chi connectivity index (χ4v) is 1.88. The first-order valence-electron chi connectivity index (χ1n) is 5.06. The quantitative estimate of drug-likeness (QED) is 0.736. The van der Waals surface area contributed by atoms with Gasteiger partial charge in [-0.15, -0.1) is 25.3 Å².